The maximum atomic E-state index is 12.8. The number of nitrogens with zero attached hydrogens (tertiary/aromatic N) is 3. The summed E-state index contributed by atoms with van der Waals surface area (Å²) in [5.41, 5.74) is 9.20. The summed E-state index contributed by atoms with van der Waals surface area (Å²) in [4.78, 5) is 14.6. The SMILES string of the molecule is Cc1nn(Cc2ccccc2Cl)c(C)c1C(=O)N1CC[C@@H](N)C1. The van der Waals surface area contributed by atoms with Crippen LogP contribution in [0, 0.1) is 13.8 Å². The quantitative estimate of drug-likeness (QED) is 0.938. The molecule has 2 aromatic rings. The minimum absolute atomic E-state index is 0.0263. The van der Waals surface area contributed by atoms with E-state index in [1.165, 1.54) is 0 Å². The van der Waals surface area contributed by atoms with Crippen molar-refractivity contribution in [1.82, 2.24) is 14.7 Å². The summed E-state index contributed by atoms with van der Waals surface area (Å²) in [6.07, 6.45) is 0.859. The van der Waals surface area contributed by atoms with Crippen LogP contribution in [0.3, 0.4) is 0 Å². The Bertz CT molecular complexity index is 740. The van der Waals surface area contributed by atoms with Gasteiger partial charge in [0.05, 0.1) is 17.8 Å². The maximum Gasteiger partial charge on any atom is 0.257 e. The van der Waals surface area contributed by atoms with Crippen molar-refractivity contribution in [3.63, 3.8) is 0 Å². The van der Waals surface area contributed by atoms with Gasteiger partial charge in [0.1, 0.15) is 0 Å². The summed E-state index contributed by atoms with van der Waals surface area (Å²) in [6, 6.07) is 7.76. The number of hydrogen-bond acceptors (Lipinski definition) is 3. The number of halogens is 1. The van der Waals surface area contributed by atoms with Gasteiger partial charge >= 0.3 is 0 Å². The molecule has 122 valence electrons. The zero-order valence-electron chi connectivity index (χ0n) is 13.4. The summed E-state index contributed by atoms with van der Waals surface area (Å²) < 4.78 is 1.85. The van der Waals surface area contributed by atoms with Crippen LogP contribution in [0.4, 0.5) is 0 Å². The lowest BCUT2D eigenvalue weighted by Crippen LogP contribution is -2.32. The van der Waals surface area contributed by atoms with Gasteiger partial charge in [-0.05, 0) is 31.9 Å². The third kappa shape index (κ3) is 3.12. The molecule has 6 heteroatoms. The predicted molar refractivity (Wildman–Crippen MR) is 90.8 cm³/mol. The lowest BCUT2D eigenvalue weighted by atomic mass is 10.1. The summed E-state index contributed by atoms with van der Waals surface area (Å²) in [6.45, 7) is 5.69. The molecular weight excluding hydrogens is 312 g/mol. The van der Waals surface area contributed by atoms with E-state index in [1.54, 1.807) is 0 Å². The maximum absolute atomic E-state index is 12.8. The highest BCUT2D eigenvalue weighted by Gasteiger charge is 2.28. The molecule has 1 saturated heterocycles. The molecule has 3 rings (SSSR count). The summed E-state index contributed by atoms with van der Waals surface area (Å²) in [7, 11) is 0. The molecule has 1 aromatic heterocycles. The molecule has 0 aliphatic carbocycles. The van der Waals surface area contributed by atoms with Gasteiger partial charge in [0.15, 0.2) is 0 Å². The van der Waals surface area contributed by atoms with Gasteiger partial charge in [-0.25, -0.2) is 0 Å². The van der Waals surface area contributed by atoms with Crippen molar-refractivity contribution in [2.45, 2.75) is 32.9 Å². The Morgan fingerprint density at radius 3 is 2.78 bits per heavy atom. The van der Waals surface area contributed by atoms with E-state index < -0.39 is 0 Å². The van der Waals surface area contributed by atoms with E-state index in [0.717, 1.165) is 23.4 Å². The van der Waals surface area contributed by atoms with Crippen LogP contribution in [0.25, 0.3) is 0 Å². The van der Waals surface area contributed by atoms with Crippen LogP contribution >= 0.6 is 11.6 Å². The van der Waals surface area contributed by atoms with Crippen molar-refractivity contribution in [3.8, 4) is 0 Å². The van der Waals surface area contributed by atoms with E-state index in [0.29, 0.717) is 30.2 Å². The first kappa shape index (κ1) is 16.0. The second-order valence-corrected chi connectivity index (χ2v) is 6.50. The average Bonchev–Trinajstić information content (AvgIpc) is 3.05. The molecule has 1 aromatic carbocycles. The topological polar surface area (TPSA) is 64.2 Å². The van der Waals surface area contributed by atoms with Gasteiger partial charge in [-0.1, -0.05) is 29.8 Å². The fraction of sp³-hybridized carbons (Fsp3) is 0.412. The molecule has 2 heterocycles. The Morgan fingerprint density at radius 1 is 1.39 bits per heavy atom. The molecule has 0 bridgehead atoms. The van der Waals surface area contributed by atoms with E-state index in [4.69, 9.17) is 17.3 Å². The van der Waals surface area contributed by atoms with Crippen molar-refractivity contribution < 1.29 is 4.79 Å². The number of hydrogen-bond donors (Lipinski definition) is 1. The minimum atomic E-state index is 0.0263. The van der Waals surface area contributed by atoms with E-state index in [9.17, 15) is 4.79 Å². The van der Waals surface area contributed by atoms with E-state index in [2.05, 4.69) is 5.10 Å². The second kappa shape index (κ2) is 6.34. The Kier molecular flexibility index (Phi) is 4.41. The highest BCUT2D eigenvalue weighted by Crippen LogP contribution is 2.21. The van der Waals surface area contributed by atoms with Gasteiger partial charge in [-0.3, -0.25) is 9.48 Å². The van der Waals surface area contributed by atoms with E-state index in [-0.39, 0.29) is 11.9 Å². The number of nitrogens with two attached hydrogens (primary N) is 1. The number of carbonyl (C=O) groups is 1. The fourth-order valence-corrected chi connectivity index (χ4v) is 3.27. The lowest BCUT2D eigenvalue weighted by Gasteiger charge is -2.16. The van der Waals surface area contributed by atoms with Crippen LogP contribution in [0.5, 0.6) is 0 Å². The van der Waals surface area contributed by atoms with Crippen LogP contribution in [0.15, 0.2) is 24.3 Å². The average molecular weight is 333 g/mol. The van der Waals surface area contributed by atoms with Crippen LogP contribution in [0.1, 0.15) is 33.7 Å². The fourth-order valence-electron chi connectivity index (χ4n) is 3.08. The predicted octanol–water partition coefficient (Wildman–Crippen LogP) is 2.37. The summed E-state index contributed by atoms with van der Waals surface area (Å²) in [5.74, 6) is 0.0263. The van der Waals surface area contributed by atoms with Crippen molar-refractivity contribution in [2.75, 3.05) is 13.1 Å². The van der Waals surface area contributed by atoms with Crippen LogP contribution in [-0.2, 0) is 6.54 Å². The van der Waals surface area contributed by atoms with Crippen molar-refractivity contribution in [3.05, 3.63) is 51.8 Å². The molecule has 0 spiro atoms. The molecule has 1 amide bonds. The molecule has 0 radical (unpaired) electrons. The number of benzene rings is 1. The summed E-state index contributed by atoms with van der Waals surface area (Å²) in [5, 5.41) is 5.24. The van der Waals surface area contributed by atoms with Gasteiger partial charge in [0, 0.05) is 29.8 Å². The molecule has 1 fully saturated rings. The molecule has 0 unspecified atom stereocenters. The van der Waals surface area contributed by atoms with Gasteiger partial charge in [-0.15, -0.1) is 0 Å². The molecule has 5 nitrogen and oxygen atoms in total. The molecule has 1 aliphatic heterocycles. The van der Waals surface area contributed by atoms with Crippen molar-refractivity contribution >= 4 is 17.5 Å². The Labute approximate surface area is 141 Å². The zero-order chi connectivity index (χ0) is 16.6. The first-order valence-corrected chi connectivity index (χ1v) is 8.17. The smallest absolute Gasteiger partial charge is 0.257 e. The standard InChI is InChI=1S/C17H21ClN4O/c1-11-16(17(23)21-8-7-14(19)10-21)12(2)22(20-11)9-13-5-3-4-6-15(13)18/h3-6,14H,7-10,19H2,1-2H3/t14-/m1/s1. The van der Waals surface area contributed by atoms with Crippen molar-refractivity contribution in [2.24, 2.45) is 5.73 Å². The normalized spacial score (nSPS) is 17.7. The number of rotatable bonds is 3. The van der Waals surface area contributed by atoms with Crippen molar-refractivity contribution in [1.29, 1.82) is 0 Å². The lowest BCUT2D eigenvalue weighted by molar-refractivity contribution is 0.0789. The third-order valence-corrected chi connectivity index (χ3v) is 4.75. The van der Waals surface area contributed by atoms with Gasteiger partial charge in [0.25, 0.3) is 5.91 Å². The Morgan fingerprint density at radius 2 is 2.13 bits per heavy atom. The molecule has 23 heavy (non-hydrogen) atoms. The first-order valence-electron chi connectivity index (χ1n) is 7.79. The molecule has 1 aliphatic rings. The molecular formula is C17H21ClN4O. The Balaban J connectivity index is 1.88. The molecule has 1 atom stereocenters. The zero-order valence-corrected chi connectivity index (χ0v) is 14.2. The third-order valence-electron chi connectivity index (χ3n) is 4.39. The van der Waals surface area contributed by atoms with Gasteiger partial charge in [0.2, 0.25) is 0 Å². The van der Waals surface area contributed by atoms with E-state index in [1.807, 2.05) is 47.7 Å². The van der Waals surface area contributed by atoms with Crippen LogP contribution in [0.2, 0.25) is 5.02 Å². The van der Waals surface area contributed by atoms with E-state index >= 15 is 0 Å². The highest BCUT2D eigenvalue weighted by molar-refractivity contribution is 6.31. The van der Waals surface area contributed by atoms with Crippen LogP contribution in [-0.4, -0.2) is 39.7 Å². The Hall–Kier alpha value is -1.85. The summed E-state index contributed by atoms with van der Waals surface area (Å²) >= 11 is 6.23. The number of aryl methyl sites for hydroxylation is 1. The number of carbonyl (C=O) groups excluding carboxylic acids is 1. The number of likely N-dealkylation sites (tertiary alicyclic amines) is 1. The second-order valence-electron chi connectivity index (χ2n) is 6.09. The largest absolute Gasteiger partial charge is 0.337 e. The molecule has 0 saturated carbocycles. The highest BCUT2D eigenvalue weighted by atomic mass is 35.5. The first-order chi connectivity index (χ1) is 11.0. The number of aromatic nitrogens is 2. The van der Waals surface area contributed by atoms with Gasteiger partial charge < -0.3 is 10.6 Å². The van der Waals surface area contributed by atoms with Gasteiger partial charge in [-0.2, -0.15) is 5.10 Å². The minimum Gasteiger partial charge on any atom is -0.337 e. The number of amides is 1. The van der Waals surface area contributed by atoms with Crippen LogP contribution < -0.4 is 5.73 Å². The monoisotopic (exact) mass is 332 g/mol. The molecule has 2 N–H and O–H groups in total.